The molecule has 0 aliphatic carbocycles. The Morgan fingerprint density at radius 1 is 1.13 bits per heavy atom. The topological polar surface area (TPSA) is 93.1 Å². The van der Waals surface area contributed by atoms with E-state index in [1.54, 1.807) is 16.8 Å². The lowest BCUT2D eigenvalue weighted by Gasteiger charge is -2.13. The van der Waals surface area contributed by atoms with E-state index in [0.29, 0.717) is 10.6 Å². The van der Waals surface area contributed by atoms with Crippen LogP contribution in [-0.2, 0) is 16.6 Å². The Bertz CT molecular complexity index is 1140. The molecular formula is C22H25ClN4O3S. The lowest BCUT2D eigenvalue weighted by atomic mass is 10.1. The minimum absolute atomic E-state index is 0.0111. The summed E-state index contributed by atoms with van der Waals surface area (Å²) in [5.74, 6) is -0.570. The van der Waals surface area contributed by atoms with Gasteiger partial charge in [0, 0.05) is 18.1 Å². The summed E-state index contributed by atoms with van der Waals surface area (Å²) in [6, 6.07) is 16.5. The van der Waals surface area contributed by atoms with Crippen molar-refractivity contribution in [1.29, 1.82) is 0 Å². The van der Waals surface area contributed by atoms with Crippen molar-refractivity contribution in [3.05, 3.63) is 82.6 Å². The van der Waals surface area contributed by atoms with Gasteiger partial charge in [-0.15, -0.1) is 0 Å². The summed E-state index contributed by atoms with van der Waals surface area (Å²) >= 11 is 6.09. The van der Waals surface area contributed by atoms with Crippen molar-refractivity contribution in [2.45, 2.75) is 26.3 Å². The monoisotopic (exact) mass is 460 g/mol. The second-order valence-corrected chi connectivity index (χ2v) is 9.73. The van der Waals surface area contributed by atoms with Crippen LogP contribution in [0.15, 0.2) is 60.8 Å². The quantitative estimate of drug-likeness (QED) is 0.511. The molecule has 0 spiro atoms. The van der Waals surface area contributed by atoms with E-state index in [1.807, 2.05) is 56.3 Å². The van der Waals surface area contributed by atoms with Crippen molar-refractivity contribution in [3.63, 3.8) is 0 Å². The molecule has 2 aromatic carbocycles. The maximum absolute atomic E-state index is 12.7. The molecule has 3 aromatic rings. The average Bonchev–Trinajstić information content (AvgIpc) is 3.19. The number of nitrogens with one attached hydrogen (secondary N) is 2. The van der Waals surface area contributed by atoms with Gasteiger partial charge in [-0.3, -0.25) is 4.79 Å². The van der Waals surface area contributed by atoms with E-state index in [-0.39, 0.29) is 30.7 Å². The molecule has 0 unspecified atom stereocenters. The Labute approximate surface area is 187 Å². The van der Waals surface area contributed by atoms with Crippen molar-refractivity contribution in [3.8, 4) is 5.69 Å². The van der Waals surface area contributed by atoms with Crippen LogP contribution < -0.4 is 10.0 Å². The van der Waals surface area contributed by atoms with E-state index in [9.17, 15) is 13.2 Å². The molecular weight excluding hydrogens is 436 g/mol. The lowest BCUT2D eigenvalue weighted by molar-refractivity contribution is 0.0954. The molecule has 7 nitrogen and oxygen atoms in total. The van der Waals surface area contributed by atoms with Crippen LogP contribution in [0.4, 0.5) is 0 Å². The average molecular weight is 461 g/mol. The number of rotatable bonds is 9. The largest absolute Gasteiger partial charge is 0.351 e. The highest BCUT2D eigenvalue weighted by molar-refractivity contribution is 7.89. The van der Waals surface area contributed by atoms with Crippen molar-refractivity contribution in [2.75, 3.05) is 12.3 Å². The Kier molecular flexibility index (Phi) is 7.48. The van der Waals surface area contributed by atoms with Gasteiger partial charge < -0.3 is 5.32 Å². The van der Waals surface area contributed by atoms with Gasteiger partial charge in [-0.05, 0) is 29.7 Å². The number of halogens is 1. The van der Waals surface area contributed by atoms with E-state index in [2.05, 4.69) is 15.1 Å². The first-order chi connectivity index (χ1) is 14.8. The molecule has 31 heavy (non-hydrogen) atoms. The van der Waals surface area contributed by atoms with Gasteiger partial charge >= 0.3 is 0 Å². The zero-order valence-corrected chi connectivity index (χ0v) is 18.9. The highest BCUT2D eigenvalue weighted by atomic mass is 35.5. The maximum Gasteiger partial charge on any atom is 0.254 e. The number of nitrogens with zero attached hydrogens (tertiary/aromatic N) is 2. The van der Waals surface area contributed by atoms with E-state index >= 15 is 0 Å². The molecule has 3 rings (SSSR count). The third-order valence-corrected chi connectivity index (χ3v) is 6.21. The summed E-state index contributed by atoms with van der Waals surface area (Å²) in [6.07, 6.45) is 1.49. The molecule has 0 fully saturated rings. The number of hydrogen-bond acceptors (Lipinski definition) is 4. The van der Waals surface area contributed by atoms with Crippen molar-refractivity contribution in [1.82, 2.24) is 19.8 Å². The third-order valence-electron chi connectivity index (χ3n) is 4.65. The summed E-state index contributed by atoms with van der Waals surface area (Å²) < 4.78 is 28.7. The first-order valence-electron chi connectivity index (χ1n) is 9.90. The number of aromatic nitrogens is 2. The Balaban J connectivity index is 1.64. The van der Waals surface area contributed by atoms with Crippen LogP contribution in [0.3, 0.4) is 0 Å². The zero-order valence-electron chi connectivity index (χ0n) is 17.4. The molecule has 164 valence electrons. The second-order valence-electron chi connectivity index (χ2n) is 7.37. The van der Waals surface area contributed by atoms with Gasteiger partial charge in [-0.1, -0.05) is 61.8 Å². The fourth-order valence-electron chi connectivity index (χ4n) is 3.16. The summed E-state index contributed by atoms with van der Waals surface area (Å²) in [7, 11) is -3.53. The Morgan fingerprint density at radius 3 is 2.55 bits per heavy atom. The molecule has 9 heteroatoms. The number of carbonyl (C=O) groups excluding carboxylic acids is 1. The number of carbonyl (C=O) groups is 1. The normalized spacial score (nSPS) is 11.6. The highest BCUT2D eigenvalue weighted by Crippen LogP contribution is 2.24. The smallest absolute Gasteiger partial charge is 0.254 e. The van der Waals surface area contributed by atoms with E-state index in [0.717, 1.165) is 16.9 Å². The number of amides is 1. The lowest BCUT2D eigenvalue weighted by Crippen LogP contribution is -2.34. The van der Waals surface area contributed by atoms with E-state index in [1.165, 1.54) is 6.20 Å². The van der Waals surface area contributed by atoms with Gasteiger partial charge in [0.2, 0.25) is 10.0 Å². The zero-order chi connectivity index (χ0) is 22.4. The van der Waals surface area contributed by atoms with Gasteiger partial charge in [0.15, 0.2) is 0 Å². The van der Waals surface area contributed by atoms with Crippen molar-refractivity contribution in [2.24, 2.45) is 0 Å². The summed E-state index contributed by atoms with van der Waals surface area (Å²) in [4.78, 5) is 12.7. The molecule has 1 amide bonds. The van der Waals surface area contributed by atoms with Gasteiger partial charge in [0.05, 0.1) is 28.9 Å². The molecule has 0 atom stereocenters. The molecule has 0 radical (unpaired) electrons. The van der Waals surface area contributed by atoms with Crippen LogP contribution >= 0.6 is 11.6 Å². The van der Waals surface area contributed by atoms with E-state index < -0.39 is 10.0 Å². The van der Waals surface area contributed by atoms with Crippen molar-refractivity contribution < 1.29 is 13.2 Å². The van der Waals surface area contributed by atoms with Gasteiger partial charge in [-0.2, -0.15) is 5.10 Å². The minimum Gasteiger partial charge on any atom is -0.351 e. The first kappa shape index (κ1) is 23.0. The number of benzene rings is 2. The third kappa shape index (κ3) is 6.16. The SMILES string of the molecule is CC(C)c1c(C(=O)NCCS(=O)(=O)NCc2ccccc2)cnn1-c1cccc(Cl)c1. The van der Waals surface area contributed by atoms with Crippen LogP contribution in [0, 0.1) is 0 Å². The molecule has 1 heterocycles. The summed E-state index contributed by atoms with van der Waals surface area (Å²) in [5.41, 5.74) is 2.75. The van der Waals surface area contributed by atoms with Crippen LogP contribution in [0.1, 0.15) is 41.4 Å². The van der Waals surface area contributed by atoms with Gasteiger partial charge in [-0.25, -0.2) is 17.8 Å². The highest BCUT2D eigenvalue weighted by Gasteiger charge is 2.21. The van der Waals surface area contributed by atoms with Crippen molar-refractivity contribution >= 4 is 27.5 Å². The van der Waals surface area contributed by atoms with Crippen LogP contribution in [0.25, 0.3) is 5.69 Å². The fourth-order valence-corrected chi connectivity index (χ4v) is 4.24. The Morgan fingerprint density at radius 2 is 1.87 bits per heavy atom. The fraction of sp³-hybridized carbons (Fsp3) is 0.273. The molecule has 0 aliphatic rings. The number of sulfonamides is 1. The molecule has 0 saturated heterocycles. The van der Waals surface area contributed by atoms with Crippen LogP contribution in [0.5, 0.6) is 0 Å². The minimum atomic E-state index is -3.53. The number of hydrogen-bond donors (Lipinski definition) is 2. The predicted octanol–water partition coefficient (Wildman–Crippen LogP) is 3.50. The predicted molar refractivity (Wildman–Crippen MR) is 122 cm³/mol. The maximum atomic E-state index is 12.7. The molecule has 1 aromatic heterocycles. The molecule has 0 aliphatic heterocycles. The molecule has 2 N–H and O–H groups in total. The first-order valence-corrected chi connectivity index (χ1v) is 11.9. The molecule has 0 saturated carbocycles. The van der Waals surface area contributed by atoms with Crippen LogP contribution in [0.2, 0.25) is 5.02 Å². The molecule has 0 bridgehead atoms. The standard InChI is InChI=1S/C22H25ClN4O3S/c1-16(2)21-20(15-25-27(21)19-10-6-9-18(23)13-19)22(28)24-11-12-31(29,30)26-14-17-7-4-3-5-8-17/h3-10,13,15-16,26H,11-12,14H2,1-2H3,(H,24,28). The van der Waals surface area contributed by atoms with Crippen LogP contribution in [-0.4, -0.2) is 36.4 Å². The second kappa shape index (κ2) is 10.1. The van der Waals surface area contributed by atoms with Gasteiger partial charge in [0.1, 0.15) is 0 Å². The van der Waals surface area contributed by atoms with Gasteiger partial charge in [0.25, 0.3) is 5.91 Å². The van der Waals surface area contributed by atoms with E-state index in [4.69, 9.17) is 11.6 Å². The summed E-state index contributed by atoms with van der Waals surface area (Å²) in [6.45, 7) is 4.13. The Hall–Kier alpha value is -2.68. The summed E-state index contributed by atoms with van der Waals surface area (Å²) in [5, 5.41) is 7.61.